The van der Waals surface area contributed by atoms with Crippen molar-refractivity contribution in [1.82, 2.24) is 4.90 Å². The third-order valence-corrected chi connectivity index (χ3v) is 10.6. The van der Waals surface area contributed by atoms with Crippen molar-refractivity contribution in [1.29, 1.82) is 0 Å². The molecule has 2 nitrogen and oxygen atoms in total. The minimum Gasteiger partial charge on any atom is -0.355 e. The van der Waals surface area contributed by atoms with Gasteiger partial charge in [-0.2, -0.15) is 0 Å². The average Bonchev–Trinajstić information content (AvgIpc) is 3.26. The fraction of sp³-hybridized carbons (Fsp3) is 0.200. The van der Waals surface area contributed by atoms with E-state index < -0.39 is 0 Å². The van der Waals surface area contributed by atoms with Crippen molar-refractivity contribution in [3.8, 4) is 11.1 Å². The summed E-state index contributed by atoms with van der Waals surface area (Å²) >= 11 is 0. The van der Waals surface area contributed by atoms with Crippen LogP contribution in [0.4, 0.5) is 11.4 Å². The highest BCUT2D eigenvalue weighted by molar-refractivity contribution is 5.87. The predicted octanol–water partition coefficient (Wildman–Crippen LogP) is 13.9. The second-order valence-corrected chi connectivity index (χ2v) is 14.1. The van der Waals surface area contributed by atoms with Crippen LogP contribution in [-0.2, 0) is 0 Å². The lowest BCUT2D eigenvalue weighted by atomic mass is 9.87. The normalized spacial score (nSPS) is 19.7. The highest BCUT2D eigenvalue weighted by Gasteiger charge is 2.28. The Hall–Kier alpha value is -5.60. The van der Waals surface area contributed by atoms with Gasteiger partial charge in [-0.1, -0.05) is 135 Å². The van der Waals surface area contributed by atoms with Gasteiger partial charge in [-0.3, -0.25) is 0 Å². The fourth-order valence-corrected chi connectivity index (χ4v) is 7.83. The van der Waals surface area contributed by atoms with E-state index in [0.717, 1.165) is 60.3 Å². The third kappa shape index (κ3) is 8.13. The molecule has 0 aromatic heterocycles. The predicted molar refractivity (Wildman–Crippen MR) is 225 cm³/mol. The fourth-order valence-electron chi connectivity index (χ4n) is 7.83. The smallest absolute Gasteiger partial charge is 0.0524 e. The van der Waals surface area contributed by atoms with E-state index in [-0.39, 0.29) is 0 Å². The lowest BCUT2D eigenvalue weighted by Crippen LogP contribution is -2.35. The van der Waals surface area contributed by atoms with E-state index in [1.807, 2.05) is 25.1 Å². The van der Waals surface area contributed by atoms with Crippen LogP contribution in [0.2, 0.25) is 0 Å². The monoisotopic (exact) mass is 678 g/mol. The van der Waals surface area contributed by atoms with Crippen LogP contribution in [0.15, 0.2) is 182 Å². The SMILES string of the molecule is C=C(/C=C\C=C/C)c1cc(C2=C/CC3=C(CCCC3)N(C3C=C(c4ccc(-c5ccccc5)cc4)CCC3)C(=C)/C=C\2)ccc1Nc1ccccc1. The van der Waals surface area contributed by atoms with Crippen LogP contribution in [0.3, 0.4) is 0 Å². The largest absolute Gasteiger partial charge is 0.355 e. The van der Waals surface area contributed by atoms with Crippen LogP contribution in [0.25, 0.3) is 27.8 Å². The number of allylic oxidation sites excluding steroid dienone is 12. The summed E-state index contributed by atoms with van der Waals surface area (Å²) in [6.45, 7) is 11.2. The zero-order valence-electron chi connectivity index (χ0n) is 30.5. The Bertz CT molecular complexity index is 2080. The number of anilines is 2. The minimum atomic E-state index is 0.293. The third-order valence-electron chi connectivity index (χ3n) is 10.6. The van der Waals surface area contributed by atoms with Gasteiger partial charge in [0, 0.05) is 28.3 Å². The molecule has 2 heteroatoms. The summed E-state index contributed by atoms with van der Waals surface area (Å²) in [5.74, 6) is 0. The number of hydrogen-bond donors (Lipinski definition) is 1. The van der Waals surface area contributed by atoms with Gasteiger partial charge < -0.3 is 10.2 Å². The summed E-state index contributed by atoms with van der Waals surface area (Å²) in [4.78, 5) is 2.60. The summed E-state index contributed by atoms with van der Waals surface area (Å²) in [6.07, 6.45) is 26.8. The van der Waals surface area contributed by atoms with Gasteiger partial charge in [-0.25, -0.2) is 0 Å². The Morgan fingerprint density at radius 3 is 2.25 bits per heavy atom. The molecule has 4 aromatic rings. The molecule has 0 amide bonds. The molecule has 0 bridgehead atoms. The van der Waals surface area contributed by atoms with Gasteiger partial charge in [-0.05, 0) is 133 Å². The van der Waals surface area contributed by atoms with Gasteiger partial charge in [0.1, 0.15) is 0 Å². The van der Waals surface area contributed by atoms with Crippen LogP contribution in [0, 0.1) is 0 Å². The summed E-state index contributed by atoms with van der Waals surface area (Å²) in [5, 5.41) is 3.63. The lowest BCUT2D eigenvalue weighted by Gasteiger charge is -2.39. The number of nitrogens with one attached hydrogen (secondary N) is 1. The summed E-state index contributed by atoms with van der Waals surface area (Å²) in [6, 6.07) is 37.2. The number of nitrogens with zero attached hydrogens (tertiary/aromatic N) is 1. The van der Waals surface area contributed by atoms with E-state index in [1.54, 1.807) is 5.57 Å². The standard InChI is InChI=1S/C50H50N2/c1-4-5-8-16-37(2)48-36-45(33-34-49(48)51-46-21-11-7-12-22-46)41-26-25-38(3)52(50-24-14-13-19-43(50)32-31-41)47-23-15-20-44(35-47)42-29-27-40(28-30-42)39-17-9-6-10-18-39/h4-12,16-18,21-22,25-31,33-36,47,51H,2-3,13-15,19-20,23-24,32H2,1H3/b5-4-,16-8-,26-25-,41-31+. The Kier molecular flexibility index (Phi) is 11.1. The Labute approximate surface area is 311 Å². The van der Waals surface area contributed by atoms with E-state index in [1.165, 1.54) is 58.4 Å². The summed E-state index contributed by atoms with van der Waals surface area (Å²) < 4.78 is 0. The molecule has 1 N–H and O–H groups in total. The first-order valence-electron chi connectivity index (χ1n) is 19.0. The minimum absolute atomic E-state index is 0.293. The number of rotatable bonds is 9. The molecule has 1 heterocycles. The van der Waals surface area contributed by atoms with Crippen molar-refractivity contribution in [2.75, 3.05) is 5.32 Å². The molecule has 0 fully saturated rings. The molecule has 0 saturated carbocycles. The molecule has 52 heavy (non-hydrogen) atoms. The molecule has 2 aliphatic carbocycles. The van der Waals surface area contributed by atoms with Gasteiger partial charge >= 0.3 is 0 Å². The van der Waals surface area contributed by atoms with Crippen LogP contribution in [0.5, 0.6) is 0 Å². The molecule has 1 aliphatic heterocycles. The molecular weight excluding hydrogens is 629 g/mol. The van der Waals surface area contributed by atoms with Gasteiger partial charge in [0.05, 0.1) is 6.04 Å². The molecular formula is C50H50N2. The topological polar surface area (TPSA) is 15.3 Å². The van der Waals surface area contributed by atoms with Crippen molar-refractivity contribution < 1.29 is 0 Å². The average molecular weight is 679 g/mol. The van der Waals surface area contributed by atoms with Crippen molar-refractivity contribution in [2.24, 2.45) is 0 Å². The maximum absolute atomic E-state index is 4.73. The molecule has 0 radical (unpaired) electrons. The van der Waals surface area contributed by atoms with E-state index in [2.05, 4.69) is 150 Å². The molecule has 1 unspecified atom stereocenters. The van der Waals surface area contributed by atoms with Crippen LogP contribution in [-0.4, -0.2) is 10.9 Å². The molecule has 3 aliphatic rings. The second-order valence-electron chi connectivity index (χ2n) is 14.1. The maximum Gasteiger partial charge on any atom is 0.0524 e. The second kappa shape index (κ2) is 16.6. The van der Waals surface area contributed by atoms with Crippen molar-refractivity contribution in [3.63, 3.8) is 0 Å². The summed E-state index contributed by atoms with van der Waals surface area (Å²) in [7, 11) is 0. The van der Waals surface area contributed by atoms with E-state index in [9.17, 15) is 0 Å². The first-order chi connectivity index (χ1) is 25.6. The molecule has 4 aromatic carbocycles. The van der Waals surface area contributed by atoms with Crippen molar-refractivity contribution in [2.45, 2.75) is 64.3 Å². The first-order valence-corrected chi connectivity index (χ1v) is 19.0. The van der Waals surface area contributed by atoms with Crippen LogP contribution in [0.1, 0.15) is 75.0 Å². The maximum atomic E-state index is 4.73. The molecule has 0 saturated heterocycles. The van der Waals surface area contributed by atoms with E-state index >= 15 is 0 Å². The highest BCUT2D eigenvalue weighted by atomic mass is 15.2. The van der Waals surface area contributed by atoms with Crippen molar-refractivity contribution >= 4 is 28.1 Å². The molecule has 1 atom stereocenters. The van der Waals surface area contributed by atoms with Crippen molar-refractivity contribution in [3.05, 3.63) is 199 Å². The Morgan fingerprint density at radius 2 is 1.46 bits per heavy atom. The van der Waals surface area contributed by atoms with Crippen LogP contribution >= 0.6 is 0 Å². The van der Waals surface area contributed by atoms with Gasteiger partial charge in [-0.15, -0.1) is 0 Å². The van der Waals surface area contributed by atoms with Crippen LogP contribution < -0.4 is 5.32 Å². The van der Waals surface area contributed by atoms with Gasteiger partial charge in [0.25, 0.3) is 0 Å². The Morgan fingerprint density at radius 1 is 0.750 bits per heavy atom. The first kappa shape index (κ1) is 34.8. The number of benzene rings is 4. The zero-order valence-corrected chi connectivity index (χ0v) is 30.5. The van der Waals surface area contributed by atoms with Gasteiger partial charge in [0.2, 0.25) is 0 Å². The van der Waals surface area contributed by atoms with E-state index in [0.29, 0.717) is 6.04 Å². The zero-order chi connectivity index (χ0) is 35.7. The highest BCUT2D eigenvalue weighted by Crippen LogP contribution is 2.40. The summed E-state index contributed by atoms with van der Waals surface area (Å²) in [5.41, 5.74) is 16.0. The number of para-hydroxylation sites is 1. The Balaban J connectivity index is 1.20. The van der Waals surface area contributed by atoms with E-state index in [4.69, 9.17) is 6.58 Å². The number of hydrogen-bond acceptors (Lipinski definition) is 2. The molecule has 260 valence electrons. The molecule has 0 spiro atoms. The lowest BCUT2D eigenvalue weighted by molar-refractivity contribution is 0.320. The van der Waals surface area contributed by atoms with Gasteiger partial charge in [0.15, 0.2) is 0 Å². The quantitative estimate of drug-likeness (QED) is 0.177. The molecule has 7 rings (SSSR count).